The Hall–Kier alpha value is -8.44. The lowest BCUT2D eigenvalue weighted by atomic mass is 9.87. The number of fused-ring (bicyclic) bond motifs is 7. The third-order valence-corrected chi connectivity index (χ3v) is 9.97. The second-order valence-electron chi connectivity index (χ2n) is 13.5. The average Bonchev–Trinajstić information content (AvgIpc) is 3.76. The smallest absolute Gasteiger partial charge is 0.377 e. The zero-order valence-corrected chi connectivity index (χ0v) is 31.5. The molecule has 2 aliphatic rings. The van der Waals surface area contributed by atoms with Crippen molar-refractivity contribution in [1.29, 1.82) is 0 Å². The van der Waals surface area contributed by atoms with E-state index in [1.54, 1.807) is 31.2 Å². The Morgan fingerprint density at radius 1 is 0.902 bits per heavy atom. The fraction of sp³-hybridized carbons (Fsp3) is 0.189. The van der Waals surface area contributed by atoms with Gasteiger partial charge in [0.1, 0.15) is 18.4 Å². The standard InChI is InChI=1S/C37H26BN7O16/c1-3-31(23-12-30-34-19(13-41(30)36(48)26(23)14-58-15-46)6-18-7-20(38-59-16-47)4-5-27(18)39-34)60-37(49)17(2)61-40-35-24-8-21(42(50)51)10-28(44(54)55)32(24)33-25(35)9-22(43(52)53)11-29(33)45(56)57/h4-12,15-17,31,38H,3,13-14H2,1-2H3/t17-,31-/m0/s1. The number of nitro benzene ring substituents is 4. The third kappa shape index (κ3) is 7.32. The second-order valence-corrected chi connectivity index (χ2v) is 13.5. The van der Waals surface area contributed by atoms with E-state index in [0.29, 0.717) is 51.9 Å². The molecule has 0 saturated heterocycles. The van der Waals surface area contributed by atoms with Crippen LogP contribution in [0.3, 0.4) is 0 Å². The lowest BCUT2D eigenvalue weighted by Crippen LogP contribution is -2.29. The first-order valence-electron chi connectivity index (χ1n) is 17.9. The molecule has 23 nitrogen and oxygen atoms in total. The van der Waals surface area contributed by atoms with Gasteiger partial charge in [0.25, 0.3) is 41.3 Å². The number of carbonyl (C=O) groups is 3. The summed E-state index contributed by atoms with van der Waals surface area (Å²) in [5.74, 6) is -1.09. The Bertz CT molecular complexity index is 2800. The number of aromatic nitrogens is 2. The molecule has 2 atom stereocenters. The molecule has 24 heteroatoms. The minimum atomic E-state index is -1.64. The number of ether oxygens (including phenoxy) is 2. The Kier molecular flexibility index (Phi) is 10.7. The van der Waals surface area contributed by atoms with Gasteiger partial charge in [-0.25, -0.2) is 9.78 Å². The molecule has 308 valence electrons. The molecule has 7 rings (SSSR count). The monoisotopic (exact) mass is 835 g/mol. The van der Waals surface area contributed by atoms with Gasteiger partial charge < -0.3 is 23.5 Å². The quantitative estimate of drug-likeness (QED) is 0.0334. The summed E-state index contributed by atoms with van der Waals surface area (Å²) in [5, 5.41) is 52.5. The first-order chi connectivity index (χ1) is 29.2. The normalized spacial score (nSPS) is 12.8. The van der Waals surface area contributed by atoms with Crippen LogP contribution < -0.4 is 11.0 Å². The van der Waals surface area contributed by atoms with Crippen LogP contribution >= 0.6 is 0 Å². The number of pyridine rings is 2. The zero-order chi connectivity index (χ0) is 43.9. The molecular weight excluding hydrogens is 809 g/mol. The van der Waals surface area contributed by atoms with Gasteiger partial charge in [-0.2, -0.15) is 0 Å². The summed E-state index contributed by atoms with van der Waals surface area (Å²) in [7, 11) is 0.0427. The van der Waals surface area contributed by atoms with Gasteiger partial charge in [-0.3, -0.25) is 54.8 Å². The average molecular weight is 835 g/mol. The van der Waals surface area contributed by atoms with Gasteiger partial charge in [-0.1, -0.05) is 24.2 Å². The van der Waals surface area contributed by atoms with Gasteiger partial charge in [0, 0.05) is 39.8 Å². The number of non-ortho nitro benzene ring substituents is 2. The molecule has 0 saturated carbocycles. The summed E-state index contributed by atoms with van der Waals surface area (Å²) < 4.78 is 17.1. The predicted molar refractivity (Wildman–Crippen MR) is 209 cm³/mol. The highest BCUT2D eigenvalue weighted by atomic mass is 16.7. The number of carbonyl (C=O) groups excluding carboxylic acids is 3. The molecule has 1 aliphatic heterocycles. The van der Waals surface area contributed by atoms with Crippen molar-refractivity contribution < 1.29 is 53.0 Å². The van der Waals surface area contributed by atoms with Gasteiger partial charge in [-0.05, 0) is 37.0 Å². The van der Waals surface area contributed by atoms with E-state index in [-0.39, 0.29) is 38.0 Å². The molecule has 1 aliphatic carbocycles. The van der Waals surface area contributed by atoms with Crippen LogP contribution in [0.5, 0.6) is 0 Å². The molecule has 2 aromatic heterocycles. The second kappa shape index (κ2) is 16.1. The first kappa shape index (κ1) is 40.8. The number of hydrogen-bond donors (Lipinski definition) is 0. The summed E-state index contributed by atoms with van der Waals surface area (Å²) in [6, 6.07) is 11.5. The number of nitro groups is 4. The minimum Gasteiger partial charge on any atom is -0.537 e. The van der Waals surface area contributed by atoms with Crippen LogP contribution in [-0.4, -0.2) is 67.5 Å². The summed E-state index contributed by atoms with van der Waals surface area (Å²) in [5.41, 5.74) is -3.51. The number of hydrogen-bond acceptors (Lipinski definition) is 18. The van der Waals surface area contributed by atoms with Crippen LogP contribution in [-0.2, 0) is 46.5 Å². The SMILES string of the molecule is CC[C@H](OC(=O)[C@H](C)ON=C1c2cc([N+](=O)[O-])cc([N+](=O)[O-])c2-c2c1cc([N+](=O)[O-])cc2[N+](=O)[O-])c1cc2n(c(=O)c1COC=O)Cc1cc3cc(BOC=O)ccc3nc1-2. The van der Waals surface area contributed by atoms with E-state index >= 15 is 0 Å². The Morgan fingerprint density at radius 3 is 2.10 bits per heavy atom. The van der Waals surface area contributed by atoms with E-state index in [1.165, 1.54) is 11.5 Å². The zero-order valence-electron chi connectivity index (χ0n) is 31.5. The summed E-state index contributed by atoms with van der Waals surface area (Å²) >= 11 is 0. The number of nitrogens with zero attached hydrogens (tertiary/aromatic N) is 7. The molecular formula is C37H26BN7O16. The minimum absolute atomic E-state index is 0.0134. The van der Waals surface area contributed by atoms with Gasteiger partial charge in [0.2, 0.25) is 6.10 Å². The molecule has 5 aromatic rings. The fourth-order valence-electron chi connectivity index (χ4n) is 7.26. The van der Waals surface area contributed by atoms with Crippen molar-refractivity contribution >= 4 is 71.2 Å². The van der Waals surface area contributed by atoms with Crippen molar-refractivity contribution in [1.82, 2.24) is 9.55 Å². The van der Waals surface area contributed by atoms with Crippen molar-refractivity contribution in [2.45, 2.75) is 45.6 Å². The molecule has 0 unspecified atom stereocenters. The number of rotatable bonds is 16. The van der Waals surface area contributed by atoms with Crippen molar-refractivity contribution in [2.24, 2.45) is 5.16 Å². The number of oxime groups is 1. The van der Waals surface area contributed by atoms with E-state index in [4.69, 9.17) is 23.9 Å². The van der Waals surface area contributed by atoms with Crippen LogP contribution in [0.15, 0.2) is 64.5 Å². The number of esters is 1. The van der Waals surface area contributed by atoms with Gasteiger partial charge >= 0.3 is 13.5 Å². The van der Waals surface area contributed by atoms with Crippen LogP contribution in [0.2, 0.25) is 0 Å². The summed E-state index contributed by atoms with van der Waals surface area (Å²) in [4.78, 5) is 104. The fourth-order valence-corrected chi connectivity index (χ4v) is 7.26. The van der Waals surface area contributed by atoms with E-state index in [9.17, 15) is 59.6 Å². The van der Waals surface area contributed by atoms with E-state index in [2.05, 4.69) is 5.16 Å². The van der Waals surface area contributed by atoms with Gasteiger partial charge in [0.05, 0.1) is 72.0 Å². The summed E-state index contributed by atoms with van der Waals surface area (Å²) in [6.07, 6.45) is -2.75. The molecule has 0 amide bonds. The lowest BCUT2D eigenvalue weighted by Gasteiger charge is -2.22. The summed E-state index contributed by atoms with van der Waals surface area (Å²) in [6.45, 7) is 2.89. The Labute approximate surface area is 340 Å². The highest BCUT2D eigenvalue weighted by molar-refractivity contribution is 6.48. The maximum Gasteiger partial charge on any atom is 0.377 e. The maximum absolute atomic E-state index is 14.0. The third-order valence-electron chi connectivity index (χ3n) is 9.97. The van der Waals surface area contributed by atoms with Crippen molar-refractivity contribution in [2.75, 3.05) is 0 Å². The van der Waals surface area contributed by atoms with Crippen LogP contribution in [0, 0.1) is 40.5 Å². The topological polar surface area (TPSA) is 308 Å². The lowest BCUT2D eigenvalue weighted by molar-refractivity contribution is -0.395. The molecule has 3 aromatic carbocycles. The molecule has 0 spiro atoms. The molecule has 0 bridgehead atoms. The van der Waals surface area contributed by atoms with Crippen molar-refractivity contribution in [3.63, 3.8) is 0 Å². The Morgan fingerprint density at radius 2 is 1.54 bits per heavy atom. The van der Waals surface area contributed by atoms with Gasteiger partial charge in [-0.15, -0.1) is 0 Å². The van der Waals surface area contributed by atoms with Crippen molar-refractivity contribution in [3.8, 4) is 22.5 Å². The highest BCUT2D eigenvalue weighted by Crippen LogP contribution is 2.50. The predicted octanol–water partition coefficient (Wildman–Crippen LogP) is 3.71. The maximum atomic E-state index is 14.0. The van der Waals surface area contributed by atoms with Crippen LogP contribution in [0.1, 0.15) is 54.2 Å². The van der Waals surface area contributed by atoms with Crippen LogP contribution in [0.25, 0.3) is 33.4 Å². The van der Waals surface area contributed by atoms with Crippen LogP contribution in [0.4, 0.5) is 22.7 Å². The molecule has 0 fully saturated rings. The van der Waals surface area contributed by atoms with Crippen molar-refractivity contribution in [3.05, 3.63) is 133 Å². The molecule has 61 heavy (non-hydrogen) atoms. The van der Waals surface area contributed by atoms with E-state index in [1.807, 2.05) is 6.07 Å². The molecule has 0 radical (unpaired) electrons. The Balaban J connectivity index is 1.25. The van der Waals surface area contributed by atoms with E-state index in [0.717, 1.165) is 12.1 Å². The largest absolute Gasteiger partial charge is 0.537 e. The molecule has 3 heterocycles. The number of benzene rings is 3. The van der Waals surface area contributed by atoms with E-state index < -0.39 is 101 Å². The molecule has 0 N–H and O–H groups in total. The highest BCUT2D eigenvalue weighted by Gasteiger charge is 2.42. The van der Waals surface area contributed by atoms with Gasteiger partial charge in [0.15, 0.2) is 0 Å². The first-order valence-corrected chi connectivity index (χ1v) is 17.9.